The number of aryl methyl sites for hydroxylation is 1. The van der Waals surface area contributed by atoms with Crippen LogP contribution in [0.15, 0.2) is 11.2 Å². The van der Waals surface area contributed by atoms with Crippen molar-refractivity contribution in [3.8, 4) is 0 Å². The summed E-state index contributed by atoms with van der Waals surface area (Å²) in [6.07, 6.45) is 3.68. The molecule has 0 atom stereocenters. The summed E-state index contributed by atoms with van der Waals surface area (Å²) in [5.41, 5.74) is -0.192. The third kappa shape index (κ3) is 3.94. The van der Waals surface area contributed by atoms with Crippen LogP contribution in [0, 0.1) is 5.41 Å². The number of rotatable bonds is 8. The molecule has 1 aromatic rings. The van der Waals surface area contributed by atoms with Crippen LogP contribution >= 0.6 is 11.6 Å². The van der Waals surface area contributed by atoms with Gasteiger partial charge in [0, 0.05) is 18.8 Å². The molecule has 1 rings (SSSR count). The minimum absolute atomic E-state index is 0.111. The molecule has 1 heterocycles. The molecule has 0 bridgehead atoms. The van der Waals surface area contributed by atoms with E-state index in [4.69, 9.17) is 11.6 Å². The van der Waals surface area contributed by atoms with Gasteiger partial charge in [0.05, 0.1) is 6.20 Å². The number of aromatic amines is 1. The summed E-state index contributed by atoms with van der Waals surface area (Å²) in [5.74, 6) is 1.10. The van der Waals surface area contributed by atoms with Gasteiger partial charge in [-0.2, -0.15) is 0 Å². The molecular weight excluding hydrogens is 286 g/mol. The van der Waals surface area contributed by atoms with E-state index in [2.05, 4.69) is 14.7 Å². The molecule has 0 aromatic carbocycles. The van der Waals surface area contributed by atoms with Crippen LogP contribution in [0.5, 0.6) is 0 Å². The topological polar surface area (TPSA) is 74.8 Å². The number of sulfonamides is 1. The fourth-order valence-corrected chi connectivity index (χ4v) is 3.29. The molecule has 0 unspecified atom stereocenters. The standard InChI is InChI=1S/C12H22ClN3O2S/c1-4-10-14-7-11(16-10)19(17,18)15-9-12(5-2,6-3)8-13/h7,15H,4-6,8-9H2,1-3H3,(H,14,16). The Kier molecular flexibility index (Phi) is 5.82. The molecule has 5 nitrogen and oxygen atoms in total. The van der Waals surface area contributed by atoms with Crippen LogP contribution in [0.2, 0.25) is 0 Å². The van der Waals surface area contributed by atoms with E-state index in [0.29, 0.717) is 24.7 Å². The number of H-pyrrole nitrogens is 1. The van der Waals surface area contributed by atoms with Crippen molar-refractivity contribution in [1.29, 1.82) is 0 Å². The average molecular weight is 308 g/mol. The van der Waals surface area contributed by atoms with Crippen molar-refractivity contribution in [2.75, 3.05) is 12.4 Å². The van der Waals surface area contributed by atoms with Crippen molar-refractivity contribution in [2.24, 2.45) is 5.41 Å². The van der Waals surface area contributed by atoms with Gasteiger partial charge in [-0.1, -0.05) is 20.8 Å². The Balaban J connectivity index is 2.80. The lowest BCUT2D eigenvalue weighted by atomic mass is 9.85. The second-order valence-electron chi connectivity index (χ2n) is 4.71. The molecule has 0 spiro atoms. The first-order chi connectivity index (χ1) is 8.93. The largest absolute Gasteiger partial charge is 0.332 e. The van der Waals surface area contributed by atoms with Crippen molar-refractivity contribution >= 4 is 21.6 Å². The predicted octanol–water partition coefficient (Wildman–Crippen LogP) is 2.30. The first-order valence-electron chi connectivity index (χ1n) is 6.52. The zero-order chi connectivity index (χ0) is 14.5. The van der Waals surface area contributed by atoms with E-state index < -0.39 is 10.0 Å². The van der Waals surface area contributed by atoms with E-state index in [1.54, 1.807) is 0 Å². The monoisotopic (exact) mass is 307 g/mol. The maximum Gasteiger partial charge on any atom is 0.257 e. The van der Waals surface area contributed by atoms with E-state index in [1.807, 2.05) is 20.8 Å². The number of aromatic nitrogens is 2. The zero-order valence-electron chi connectivity index (χ0n) is 11.7. The Hall–Kier alpha value is -0.590. The quantitative estimate of drug-likeness (QED) is 0.724. The summed E-state index contributed by atoms with van der Waals surface area (Å²) in [6.45, 7) is 6.29. The van der Waals surface area contributed by atoms with Crippen molar-refractivity contribution < 1.29 is 8.42 Å². The molecule has 0 aliphatic heterocycles. The number of nitrogens with zero attached hydrogens (tertiary/aromatic N) is 1. The highest BCUT2D eigenvalue weighted by Crippen LogP contribution is 2.27. The van der Waals surface area contributed by atoms with E-state index in [-0.39, 0.29) is 10.4 Å². The lowest BCUT2D eigenvalue weighted by Gasteiger charge is -2.29. The molecule has 0 aliphatic rings. The summed E-state index contributed by atoms with van der Waals surface area (Å²) >= 11 is 5.97. The van der Waals surface area contributed by atoms with Crippen molar-refractivity contribution in [3.63, 3.8) is 0 Å². The normalized spacial score (nSPS) is 12.8. The van der Waals surface area contributed by atoms with Crippen LogP contribution in [0.1, 0.15) is 39.4 Å². The van der Waals surface area contributed by atoms with Crippen LogP contribution in [-0.2, 0) is 16.4 Å². The summed E-state index contributed by atoms with van der Waals surface area (Å²) < 4.78 is 26.9. The van der Waals surface area contributed by atoms with E-state index in [0.717, 1.165) is 12.8 Å². The maximum absolute atomic E-state index is 12.1. The van der Waals surface area contributed by atoms with Gasteiger partial charge in [-0.3, -0.25) is 0 Å². The Morgan fingerprint density at radius 2 is 2.00 bits per heavy atom. The predicted molar refractivity (Wildman–Crippen MR) is 76.9 cm³/mol. The third-order valence-corrected chi connectivity index (χ3v) is 5.53. The smallest absolute Gasteiger partial charge is 0.257 e. The SMILES string of the molecule is CCc1ncc(S(=O)(=O)NCC(CC)(CC)CCl)[nH]1. The van der Waals surface area contributed by atoms with Crippen LogP contribution in [-0.4, -0.2) is 30.8 Å². The van der Waals surface area contributed by atoms with E-state index in [1.165, 1.54) is 6.20 Å². The van der Waals surface area contributed by atoms with Gasteiger partial charge in [-0.05, 0) is 18.3 Å². The summed E-state index contributed by atoms with van der Waals surface area (Å²) in [4.78, 5) is 6.80. The second kappa shape index (κ2) is 6.72. The number of imidazole rings is 1. The third-order valence-electron chi connectivity index (χ3n) is 3.65. The number of nitrogens with one attached hydrogen (secondary N) is 2. The van der Waals surface area contributed by atoms with Gasteiger partial charge in [0.15, 0.2) is 5.03 Å². The lowest BCUT2D eigenvalue weighted by molar-refractivity contribution is 0.304. The molecule has 110 valence electrons. The van der Waals surface area contributed by atoms with Gasteiger partial charge in [0.1, 0.15) is 5.82 Å². The molecule has 0 fully saturated rings. The molecule has 0 aliphatic carbocycles. The number of halogens is 1. The highest BCUT2D eigenvalue weighted by molar-refractivity contribution is 7.89. The van der Waals surface area contributed by atoms with Crippen LogP contribution < -0.4 is 4.72 Å². The summed E-state index contributed by atoms with van der Waals surface area (Å²) in [5, 5.41) is 0.111. The lowest BCUT2D eigenvalue weighted by Crippen LogP contribution is -2.38. The Bertz CT molecular complexity index is 487. The zero-order valence-corrected chi connectivity index (χ0v) is 13.2. The number of alkyl halides is 1. The van der Waals surface area contributed by atoms with Gasteiger partial charge in [0.25, 0.3) is 10.0 Å². The molecule has 1 aromatic heterocycles. The van der Waals surface area contributed by atoms with Crippen LogP contribution in [0.3, 0.4) is 0 Å². The number of hydrogen-bond donors (Lipinski definition) is 2. The van der Waals surface area contributed by atoms with Crippen molar-refractivity contribution in [2.45, 2.75) is 45.1 Å². The highest BCUT2D eigenvalue weighted by Gasteiger charge is 2.28. The van der Waals surface area contributed by atoms with E-state index >= 15 is 0 Å². The first-order valence-corrected chi connectivity index (χ1v) is 8.54. The molecule has 7 heteroatoms. The Labute approximate surface area is 120 Å². The fourth-order valence-electron chi connectivity index (χ4n) is 1.72. The molecule has 19 heavy (non-hydrogen) atoms. The fraction of sp³-hybridized carbons (Fsp3) is 0.750. The van der Waals surface area contributed by atoms with Gasteiger partial charge >= 0.3 is 0 Å². The van der Waals surface area contributed by atoms with Gasteiger partial charge in [-0.15, -0.1) is 11.6 Å². The molecule has 0 saturated carbocycles. The minimum atomic E-state index is -3.54. The average Bonchev–Trinajstić information content (AvgIpc) is 2.90. The maximum atomic E-state index is 12.1. The molecular formula is C12H22ClN3O2S. The second-order valence-corrected chi connectivity index (χ2v) is 6.72. The minimum Gasteiger partial charge on any atom is -0.332 e. The molecule has 0 saturated heterocycles. The molecule has 0 radical (unpaired) electrons. The van der Waals surface area contributed by atoms with Gasteiger partial charge in [0.2, 0.25) is 0 Å². The Morgan fingerprint density at radius 3 is 2.42 bits per heavy atom. The van der Waals surface area contributed by atoms with Crippen LogP contribution in [0.25, 0.3) is 0 Å². The summed E-state index contributed by atoms with van der Waals surface area (Å²) in [6, 6.07) is 0. The first kappa shape index (κ1) is 16.5. The van der Waals surface area contributed by atoms with Crippen molar-refractivity contribution in [1.82, 2.24) is 14.7 Å². The summed E-state index contributed by atoms with van der Waals surface area (Å²) in [7, 11) is -3.54. The molecule has 2 N–H and O–H groups in total. The van der Waals surface area contributed by atoms with Gasteiger partial charge in [-0.25, -0.2) is 18.1 Å². The highest BCUT2D eigenvalue weighted by atomic mass is 35.5. The van der Waals surface area contributed by atoms with Gasteiger partial charge < -0.3 is 4.98 Å². The number of hydrogen-bond acceptors (Lipinski definition) is 3. The van der Waals surface area contributed by atoms with Crippen molar-refractivity contribution in [3.05, 3.63) is 12.0 Å². The Morgan fingerprint density at radius 1 is 1.37 bits per heavy atom. The van der Waals surface area contributed by atoms with E-state index in [9.17, 15) is 8.42 Å². The molecule has 0 amide bonds. The van der Waals surface area contributed by atoms with Crippen LogP contribution in [0.4, 0.5) is 0 Å².